The minimum Gasteiger partial charge on any atom is -0.480 e. The number of hydrogen-bond acceptors (Lipinski definition) is 3. The maximum atomic E-state index is 11.7. The maximum absolute atomic E-state index is 11.7. The van der Waals surface area contributed by atoms with Gasteiger partial charge in [0.25, 0.3) is 0 Å². The fraction of sp³-hybridized carbons (Fsp3) is 0.688. The summed E-state index contributed by atoms with van der Waals surface area (Å²) in [6.45, 7) is 2.18. The number of carboxylic acids is 1. The largest absolute Gasteiger partial charge is 0.480 e. The second-order valence-corrected chi connectivity index (χ2v) is 7.00. The van der Waals surface area contributed by atoms with Gasteiger partial charge >= 0.3 is 5.97 Å². The Kier molecular flexibility index (Phi) is 4.13. The highest BCUT2D eigenvalue weighted by molar-refractivity contribution is 7.07. The van der Waals surface area contributed by atoms with Crippen LogP contribution in [0.25, 0.3) is 0 Å². The first-order valence-electron chi connectivity index (χ1n) is 7.71. The molecule has 2 fully saturated rings. The number of aliphatic carboxylic acids is 1. The molecule has 0 spiro atoms. The van der Waals surface area contributed by atoms with Crippen LogP contribution in [-0.2, 0) is 4.79 Å². The zero-order valence-corrected chi connectivity index (χ0v) is 12.8. The normalized spacial score (nSPS) is 32.5. The molecule has 1 aromatic rings. The zero-order valence-electron chi connectivity index (χ0n) is 12.0. The summed E-state index contributed by atoms with van der Waals surface area (Å²) in [5.74, 6) is 0.0662. The van der Waals surface area contributed by atoms with Crippen LogP contribution in [0.3, 0.4) is 0 Å². The molecular formula is C16H23NO2S. The Balaban J connectivity index is 1.89. The van der Waals surface area contributed by atoms with Gasteiger partial charge in [-0.2, -0.15) is 11.3 Å². The van der Waals surface area contributed by atoms with Gasteiger partial charge < -0.3 is 5.11 Å². The summed E-state index contributed by atoms with van der Waals surface area (Å²) in [5.41, 5.74) is 1.27. The first kappa shape index (κ1) is 14.1. The molecule has 110 valence electrons. The van der Waals surface area contributed by atoms with Gasteiger partial charge in [0.2, 0.25) is 0 Å². The van der Waals surface area contributed by atoms with Crippen LogP contribution >= 0.6 is 11.3 Å². The van der Waals surface area contributed by atoms with Gasteiger partial charge in [-0.15, -0.1) is 0 Å². The maximum Gasteiger partial charge on any atom is 0.320 e. The third kappa shape index (κ3) is 2.51. The van der Waals surface area contributed by atoms with E-state index in [4.69, 9.17) is 0 Å². The van der Waals surface area contributed by atoms with Crippen LogP contribution in [0, 0.1) is 5.92 Å². The molecule has 1 aromatic heterocycles. The van der Waals surface area contributed by atoms with Crippen LogP contribution in [0.2, 0.25) is 0 Å². The lowest BCUT2D eigenvalue weighted by molar-refractivity contribution is -0.150. The molecule has 20 heavy (non-hydrogen) atoms. The van der Waals surface area contributed by atoms with Crippen LogP contribution in [0.15, 0.2) is 16.8 Å². The second kappa shape index (κ2) is 5.86. The van der Waals surface area contributed by atoms with E-state index < -0.39 is 5.97 Å². The molecule has 1 N–H and O–H groups in total. The van der Waals surface area contributed by atoms with E-state index in [1.54, 1.807) is 11.3 Å². The quantitative estimate of drug-likeness (QED) is 0.918. The van der Waals surface area contributed by atoms with E-state index in [2.05, 4.69) is 28.7 Å². The minimum absolute atomic E-state index is 0.216. The second-order valence-electron chi connectivity index (χ2n) is 6.22. The number of carboxylic acid groups (broad SMARTS) is 1. The number of hydrogen-bond donors (Lipinski definition) is 1. The molecular weight excluding hydrogens is 270 g/mol. The van der Waals surface area contributed by atoms with Crippen molar-refractivity contribution in [1.29, 1.82) is 0 Å². The van der Waals surface area contributed by atoms with Crippen molar-refractivity contribution in [2.75, 3.05) is 0 Å². The van der Waals surface area contributed by atoms with Gasteiger partial charge in [-0.05, 0) is 60.9 Å². The molecule has 3 nitrogen and oxygen atoms in total. The van der Waals surface area contributed by atoms with Gasteiger partial charge in [-0.25, -0.2) is 0 Å². The highest BCUT2D eigenvalue weighted by Crippen LogP contribution is 2.42. The fourth-order valence-corrected chi connectivity index (χ4v) is 4.91. The number of carbonyl (C=O) groups is 1. The van der Waals surface area contributed by atoms with Gasteiger partial charge in [0.1, 0.15) is 6.04 Å². The molecule has 4 heteroatoms. The van der Waals surface area contributed by atoms with Gasteiger partial charge in [0, 0.05) is 12.1 Å². The van der Waals surface area contributed by atoms with Gasteiger partial charge in [0.15, 0.2) is 0 Å². The third-order valence-electron chi connectivity index (χ3n) is 5.18. The number of rotatable bonds is 3. The van der Waals surface area contributed by atoms with Crippen LogP contribution in [0.1, 0.15) is 57.1 Å². The standard InChI is InChI=1S/C16H23NO2S/c1-11(13-8-9-20-10-13)17-14-5-3-2-4-12(14)6-7-15(17)16(18)19/h8-12,14-15H,2-7H2,1H3,(H,18,19). The molecule has 0 radical (unpaired) electrons. The van der Waals surface area contributed by atoms with Crippen molar-refractivity contribution in [2.24, 2.45) is 5.92 Å². The summed E-state index contributed by atoms with van der Waals surface area (Å²) < 4.78 is 0. The SMILES string of the molecule is CC(c1ccsc1)N1C(C(=O)O)CCC2CCCCC21. The van der Waals surface area contributed by atoms with E-state index in [1.807, 2.05) is 0 Å². The van der Waals surface area contributed by atoms with E-state index in [9.17, 15) is 9.90 Å². The molecule has 1 saturated heterocycles. The Morgan fingerprint density at radius 3 is 2.85 bits per heavy atom. The van der Waals surface area contributed by atoms with Crippen molar-refractivity contribution in [2.45, 2.75) is 63.6 Å². The fourth-order valence-electron chi connectivity index (χ4n) is 4.16. The average Bonchev–Trinajstić information content (AvgIpc) is 2.99. The van der Waals surface area contributed by atoms with Crippen molar-refractivity contribution in [3.8, 4) is 0 Å². The minimum atomic E-state index is -0.642. The monoisotopic (exact) mass is 293 g/mol. The van der Waals surface area contributed by atoms with E-state index in [-0.39, 0.29) is 12.1 Å². The number of likely N-dealkylation sites (tertiary alicyclic amines) is 1. The van der Waals surface area contributed by atoms with Crippen LogP contribution in [-0.4, -0.2) is 28.1 Å². The van der Waals surface area contributed by atoms with Gasteiger partial charge in [0.05, 0.1) is 0 Å². The molecule has 4 unspecified atom stereocenters. The predicted molar refractivity (Wildman–Crippen MR) is 81.0 cm³/mol. The Hall–Kier alpha value is -0.870. The zero-order chi connectivity index (χ0) is 14.1. The first-order chi connectivity index (χ1) is 9.68. The summed E-state index contributed by atoms with van der Waals surface area (Å²) in [5, 5.41) is 13.9. The lowest BCUT2D eigenvalue weighted by atomic mass is 9.75. The molecule has 0 aromatic carbocycles. The van der Waals surface area contributed by atoms with Crippen LogP contribution in [0.5, 0.6) is 0 Å². The van der Waals surface area contributed by atoms with Crippen LogP contribution < -0.4 is 0 Å². The number of fused-ring (bicyclic) bond motifs is 1. The summed E-state index contributed by atoms with van der Waals surface area (Å²) in [7, 11) is 0. The van der Waals surface area contributed by atoms with E-state index >= 15 is 0 Å². The van der Waals surface area contributed by atoms with Crippen molar-refractivity contribution >= 4 is 17.3 Å². The lowest BCUT2D eigenvalue weighted by Crippen LogP contribution is -2.55. The van der Waals surface area contributed by atoms with Gasteiger partial charge in [-0.3, -0.25) is 9.69 Å². The molecule has 3 rings (SSSR count). The number of piperidine rings is 1. The van der Waals surface area contributed by atoms with Crippen molar-refractivity contribution in [3.05, 3.63) is 22.4 Å². The summed E-state index contributed by atoms with van der Waals surface area (Å²) in [4.78, 5) is 14.0. The lowest BCUT2D eigenvalue weighted by Gasteiger charge is -2.49. The molecule has 4 atom stereocenters. The molecule has 2 aliphatic rings. The Morgan fingerprint density at radius 1 is 1.35 bits per heavy atom. The highest BCUT2D eigenvalue weighted by Gasteiger charge is 2.43. The van der Waals surface area contributed by atoms with Crippen molar-refractivity contribution < 1.29 is 9.90 Å². The van der Waals surface area contributed by atoms with Crippen molar-refractivity contribution in [1.82, 2.24) is 4.90 Å². The van der Waals surface area contributed by atoms with Crippen molar-refractivity contribution in [3.63, 3.8) is 0 Å². The van der Waals surface area contributed by atoms with E-state index in [1.165, 1.54) is 31.2 Å². The Morgan fingerprint density at radius 2 is 2.15 bits per heavy atom. The van der Waals surface area contributed by atoms with Gasteiger partial charge in [-0.1, -0.05) is 12.8 Å². The average molecular weight is 293 g/mol. The van der Waals surface area contributed by atoms with E-state index in [0.29, 0.717) is 12.0 Å². The highest BCUT2D eigenvalue weighted by atomic mass is 32.1. The number of thiophene rings is 1. The third-order valence-corrected chi connectivity index (χ3v) is 5.88. The first-order valence-corrected chi connectivity index (χ1v) is 8.65. The summed E-state index contributed by atoms with van der Waals surface area (Å²) in [6, 6.07) is 2.52. The Labute approximate surface area is 124 Å². The molecule has 1 saturated carbocycles. The molecule has 2 heterocycles. The smallest absolute Gasteiger partial charge is 0.320 e. The number of nitrogens with zero attached hydrogens (tertiary/aromatic N) is 1. The Bertz CT molecular complexity index is 459. The predicted octanol–water partition coefficient (Wildman–Crippen LogP) is 3.92. The molecule has 0 bridgehead atoms. The van der Waals surface area contributed by atoms with Crippen LogP contribution in [0.4, 0.5) is 0 Å². The molecule has 1 aliphatic carbocycles. The molecule has 1 aliphatic heterocycles. The molecule has 0 amide bonds. The summed E-state index contributed by atoms with van der Waals surface area (Å²) >= 11 is 1.70. The summed E-state index contributed by atoms with van der Waals surface area (Å²) in [6.07, 6.45) is 6.92. The van der Waals surface area contributed by atoms with E-state index in [0.717, 1.165) is 12.8 Å². The topological polar surface area (TPSA) is 40.5 Å².